The summed E-state index contributed by atoms with van der Waals surface area (Å²) in [6.07, 6.45) is 1.75. The van der Waals surface area contributed by atoms with Crippen LogP contribution in [0.3, 0.4) is 0 Å². The standard InChI is InChI=1S/C21H25NO.ClH.O.V/c1-13-10-16(4)20(17(5)11-13)19(23)12-18(6)22-21-14(2)8-7-9-15(21)3;;;/h7-12,23H,1-6H3;1H;;/b19-12-,22-18?;;;. The van der Waals surface area contributed by atoms with Crippen molar-refractivity contribution in [2.75, 3.05) is 0 Å². The molecule has 0 radical (unpaired) electrons. The SMILES string of the molecule is CC(/C=C(\O)c1c(C)cc(C)cc1C)=Nc1c(C)cccc1C.Cl.[O]=[V]. The molecule has 0 aromatic heterocycles. The fourth-order valence-electron chi connectivity index (χ4n) is 3.04. The second-order valence-corrected chi connectivity index (χ2v) is 6.30. The molecule has 26 heavy (non-hydrogen) atoms. The van der Waals surface area contributed by atoms with Gasteiger partial charge in [-0.25, -0.2) is 0 Å². The van der Waals surface area contributed by atoms with Crippen molar-refractivity contribution < 1.29 is 26.1 Å². The van der Waals surface area contributed by atoms with E-state index in [1.54, 1.807) is 6.08 Å². The Kier molecular flexibility index (Phi) is 10.4. The van der Waals surface area contributed by atoms with Crippen LogP contribution in [0.25, 0.3) is 5.76 Å². The number of hydrogen-bond acceptors (Lipinski definition) is 3. The molecule has 0 bridgehead atoms. The predicted molar refractivity (Wildman–Crippen MR) is 108 cm³/mol. The van der Waals surface area contributed by atoms with Gasteiger partial charge in [0.25, 0.3) is 0 Å². The van der Waals surface area contributed by atoms with Gasteiger partial charge in [-0.15, -0.1) is 12.4 Å². The van der Waals surface area contributed by atoms with Crippen molar-refractivity contribution in [2.24, 2.45) is 4.99 Å². The Morgan fingerprint density at radius 3 is 1.88 bits per heavy atom. The van der Waals surface area contributed by atoms with Gasteiger partial charge in [0.05, 0.1) is 5.69 Å². The van der Waals surface area contributed by atoms with E-state index in [2.05, 4.69) is 50.0 Å². The van der Waals surface area contributed by atoms with Crippen LogP contribution in [0.1, 0.15) is 40.3 Å². The van der Waals surface area contributed by atoms with Gasteiger partial charge in [0, 0.05) is 17.4 Å². The summed E-state index contributed by atoms with van der Waals surface area (Å²) in [6, 6.07) is 10.3. The third kappa shape index (κ3) is 6.24. The summed E-state index contributed by atoms with van der Waals surface area (Å²) in [5.74, 6) is 0.271. The first-order valence-corrected chi connectivity index (χ1v) is 8.65. The number of para-hydroxylation sites is 1. The molecule has 0 amide bonds. The molecule has 0 aliphatic rings. The molecule has 2 rings (SSSR count). The van der Waals surface area contributed by atoms with Gasteiger partial charge in [-0.3, -0.25) is 4.99 Å². The molecule has 0 spiro atoms. The Balaban J connectivity index is 0.00000201. The molecular formula is C21H26ClNO2V. The summed E-state index contributed by atoms with van der Waals surface area (Å²) in [4.78, 5) is 4.68. The summed E-state index contributed by atoms with van der Waals surface area (Å²) in [6.45, 7) is 12.1. The van der Waals surface area contributed by atoms with E-state index in [4.69, 9.17) is 3.67 Å². The molecule has 2 aromatic rings. The van der Waals surface area contributed by atoms with Crippen molar-refractivity contribution in [1.82, 2.24) is 0 Å². The molecule has 0 aliphatic heterocycles. The monoisotopic (exact) mass is 410 g/mol. The van der Waals surface area contributed by atoms with E-state index in [1.165, 1.54) is 5.56 Å². The third-order valence-electron chi connectivity index (χ3n) is 4.01. The number of nitrogens with zero attached hydrogens (tertiary/aromatic N) is 1. The van der Waals surface area contributed by atoms with Crippen LogP contribution in [-0.4, -0.2) is 10.8 Å². The maximum absolute atomic E-state index is 10.5. The first kappa shape index (κ1) is 24.3. The molecule has 139 valence electrons. The van der Waals surface area contributed by atoms with Crippen molar-refractivity contribution >= 4 is 29.6 Å². The van der Waals surface area contributed by atoms with Crippen LogP contribution < -0.4 is 0 Å². The Hall–Kier alpha value is -1.68. The van der Waals surface area contributed by atoms with E-state index < -0.39 is 0 Å². The summed E-state index contributed by atoms with van der Waals surface area (Å²) in [5.41, 5.74) is 8.31. The number of aliphatic hydroxyl groups excluding tert-OH is 1. The number of aryl methyl sites for hydroxylation is 5. The topological polar surface area (TPSA) is 49.7 Å². The summed E-state index contributed by atoms with van der Waals surface area (Å²) in [5, 5.41) is 10.5. The number of halogens is 1. The van der Waals surface area contributed by atoms with Crippen LogP contribution in [0.5, 0.6) is 0 Å². The van der Waals surface area contributed by atoms with E-state index in [9.17, 15) is 5.11 Å². The quantitative estimate of drug-likeness (QED) is 0.482. The Bertz CT molecular complexity index is 786. The first-order valence-electron chi connectivity index (χ1n) is 8.08. The van der Waals surface area contributed by atoms with E-state index in [0.29, 0.717) is 0 Å². The molecule has 0 fully saturated rings. The third-order valence-corrected chi connectivity index (χ3v) is 4.01. The number of aliphatic hydroxyl groups is 1. The zero-order chi connectivity index (χ0) is 19.1. The molecule has 0 heterocycles. The fraction of sp³-hybridized carbons (Fsp3) is 0.286. The first-order chi connectivity index (χ1) is 11.8. The number of allylic oxidation sites excluding steroid dienone is 1. The van der Waals surface area contributed by atoms with Crippen molar-refractivity contribution in [1.29, 1.82) is 0 Å². The average molecular weight is 411 g/mol. The van der Waals surface area contributed by atoms with Crippen LogP contribution in [0, 0.1) is 34.6 Å². The minimum atomic E-state index is 0. The van der Waals surface area contributed by atoms with Gasteiger partial charge in [0.15, 0.2) is 0 Å². The van der Waals surface area contributed by atoms with Gasteiger partial charge in [0.1, 0.15) is 5.76 Å². The molecule has 0 unspecified atom stereocenters. The Morgan fingerprint density at radius 1 is 0.962 bits per heavy atom. The van der Waals surface area contributed by atoms with Crippen LogP contribution in [0.4, 0.5) is 5.69 Å². The molecule has 3 nitrogen and oxygen atoms in total. The van der Waals surface area contributed by atoms with Gasteiger partial charge >= 0.3 is 21.0 Å². The van der Waals surface area contributed by atoms with Gasteiger partial charge in [-0.1, -0.05) is 35.9 Å². The summed E-state index contributed by atoms with van der Waals surface area (Å²) >= 11 is 1.06. The van der Waals surface area contributed by atoms with E-state index in [-0.39, 0.29) is 18.2 Å². The molecule has 0 aliphatic carbocycles. The van der Waals surface area contributed by atoms with Gasteiger partial charge < -0.3 is 5.11 Å². The molecule has 0 saturated carbocycles. The summed E-state index contributed by atoms with van der Waals surface area (Å²) < 4.78 is 8.19. The fourth-order valence-corrected chi connectivity index (χ4v) is 3.04. The zero-order valence-electron chi connectivity index (χ0n) is 16.1. The number of rotatable bonds is 3. The van der Waals surface area contributed by atoms with Crippen LogP contribution in [0.15, 0.2) is 41.4 Å². The molecule has 5 heteroatoms. The van der Waals surface area contributed by atoms with Crippen LogP contribution >= 0.6 is 12.4 Å². The minimum absolute atomic E-state index is 0. The number of hydrogen-bond donors (Lipinski definition) is 1. The summed E-state index contributed by atoms with van der Waals surface area (Å²) in [7, 11) is 0. The van der Waals surface area contributed by atoms with Crippen LogP contribution in [0.2, 0.25) is 0 Å². The van der Waals surface area contributed by atoms with Gasteiger partial charge in [-0.2, -0.15) is 0 Å². The maximum atomic E-state index is 10.5. The van der Waals surface area contributed by atoms with E-state index >= 15 is 0 Å². The molecule has 1 N–H and O–H groups in total. The van der Waals surface area contributed by atoms with Crippen molar-refractivity contribution in [3.05, 3.63) is 69.8 Å². The second-order valence-electron chi connectivity index (χ2n) is 6.30. The number of aliphatic imine (C=N–C) groups is 1. The van der Waals surface area contributed by atoms with Gasteiger partial charge in [0.2, 0.25) is 0 Å². The van der Waals surface area contributed by atoms with Gasteiger partial charge in [-0.05, 0) is 63.8 Å². The normalized spacial score (nSPS) is 11.3. The molecule has 2 aromatic carbocycles. The average Bonchev–Trinajstić information content (AvgIpc) is 2.52. The van der Waals surface area contributed by atoms with Crippen LogP contribution in [-0.2, 0) is 21.0 Å². The van der Waals surface area contributed by atoms with Crippen molar-refractivity contribution in [3.8, 4) is 0 Å². The predicted octanol–water partition coefficient (Wildman–Crippen LogP) is 6.22. The molecule has 0 saturated heterocycles. The van der Waals surface area contributed by atoms with E-state index in [0.717, 1.165) is 56.6 Å². The molecule has 0 atom stereocenters. The Morgan fingerprint density at radius 2 is 1.42 bits per heavy atom. The van der Waals surface area contributed by atoms with Crippen molar-refractivity contribution in [2.45, 2.75) is 41.5 Å². The Labute approximate surface area is 171 Å². The number of benzene rings is 2. The van der Waals surface area contributed by atoms with E-state index in [1.807, 2.05) is 26.8 Å². The second kappa shape index (κ2) is 11.1. The molecular weight excluding hydrogens is 385 g/mol. The zero-order valence-corrected chi connectivity index (χ0v) is 18.3. The van der Waals surface area contributed by atoms with Crippen molar-refractivity contribution in [3.63, 3.8) is 0 Å².